The van der Waals surface area contributed by atoms with Crippen LogP contribution in [0.5, 0.6) is 5.88 Å². The maximum absolute atomic E-state index is 6.07. The quantitative estimate of drug-likeness (QED) is 0.758. The second-order valence-corrected chi connectivity index (χ2v) is 6.32. The Labute approximate surface area is 119 Å². The molecule has 1 saturated carbocycles. The summed E-state index contributed by atoms with van der Waals surface area (Å²) in [5.74, 6) is 1.40. The van der Waals surface area contributed by atoms with Crippen molar-refractivity contribution < 1.29 is 4.74 Å². The average Bonchev–Trinajstić information content (AvgIpc) is 2.33. The number of rotatable bonds is 3. The second kappa shape index (κ2) is 6.19. The molecule has 2 rings (SSSR count). The third kappa shape index (κ3) is 3.44. The van der Waals surface area contributed by atoms with Gasteiger partial charge in [-0.3, -0.25) is 0 Å². The Bertz CT molecular complexity index is 384. The molecule has 1 aliphatic rings. The minimum absolute atomic E-state index is 0.332. The minimum Gasteiger partial charge on any atom is -0.473 e. The number of nitrogens with zero attached hydrogens (tertiary/aromatic N) is 1. The summed E-state index contributed by atoms with van der Waals surface area (Å²) in [5, 5.41) is 0. The normalized spacial score (nSPS) is 24.6. The molecule has 1 aromatic rings. The van der Waals surface area contributed by atoms with E-state index in [1.54, 1.807) is 6.20 Å². The van der Waals surface area contributed by atoms with Gasteiger partial charge in [-0.15, -0.1) is 0 Å². The maximum Gasteiger partial charge on any atom is 0.228 e. The molecule has 1 aliphatic carbocycles. The lowest BCUT2D eigenvalue weighted by molar-refractivity contribution is 0.0850. The van der Waals surface area contributed by atoms with Crippen molar-refractivity contribution in [3.8, 4) is 5.88 Å². The van der Waals surface area contributed by atoms with E-state index in [1.165, 1.54) is 25.7 Å². The third-order valence-corrected chi connectivity index (χ3v) is 4.40. The molecule has 1 heterocycles. The summed E-state index contributed by atoms with van der Waals surface area (Å²) in [4.78, 5) is 4.32. The smallest absolute Gasteiger partial charge is 0.228 e. The van der Waals surface area contributed by atoms with Crippen LogP contribution in [-0.2, 0) is 0 Å². The zero-order chi connectivity index (χ0) is 12.3. The molecular weight excluding hydrogens is 346 g/mol. The van der Waals surface area contributed by atoms with Crippen LogP contribution in [0.1, 0.15) is 39.0 Å². The molecule has 0 bridgehead atoms. The summed E-state index contributed by atoms with van der Waals surface area (Å²) in [6.45, 7) is 2.25. The van der Waals surface area contributed by atoms with Crippen LogP contribution in [0.2, 0.25) is 0 Å². The minimum atomic E-state index is 0.332. The number of pyridine rings is 1. The Morgan fingerprint density at radius 2 is 2.12 bits per heavy atom. The highest BCUT2D eigenvalue weighted by molar-refractivity contribution is 9.11. The van der Waals surface area contributed by atoms with Crippen molar-refractivity contribution in [3.63, 3.8) is 0 Å². The van der Waals surface area contributed by atoms with Gasteiger partial charge in [0.15, 0.2) is 0 Å². The van der Waals surface area contributed by atoms with Crippen LogP contribution < -0.4 is 4.74 Å². The van der Waals surface area contributed by atoms with E-state index in [0.717, 1.165) is 21.2 Å². The Hall–Kier alpha value is -0.0900. The van der Waals surface area contributed by atoms with Gasteiger partial charge in [0, 0.05) is 10.7 Å². The third-order valence-electron chi connectivity index (χ3n) is 3.40. The molecule has 2 unspecified atom stereocenters. The number of aromatic nitrogens is 1. The molecule has 17 heavy (non-hydrogen) atoms. The van der Waals surface area contributed by atoms with Crippen molar-refractivity contribution in [2.24, 2.45) is 5.92 Å². The second-order valence-electron chi connectivity index (χ2n) is 4.55. The fourth-order valence-corrected chi connectivity index (χ4v) is 3.51. The van der Waals surface area contributed by atoms with Crippen LogP contribution in [0.3, 0.4) is 0 Å². The van der Waals surface area contributed by atoms with Crippen molar-refractivity contribution in [1.82, 2.24) is 4.98 Å². The largest absolute Gasteiger partial charge is 0.473 e. The van der Waals surface area contributed by atoms with Gasteiger partial charge in [-0.05, 0) is 69.5 Å². The van der Waals surface area contributed by atoms with E-state index in [0.29, 0.717) is 12.0 Å². The number of hydrogen-bond donors (Lipinski definition) is 0. The van der Waals surface area contributed by atoms with E-state index < -0.39 is 0 Å². The zero-order valence-corrected chi connectivity index (χ0v) is 13.1. The van der Waals surface area contributed by atoms with Gasteiger partial charge < -0.3 is 4.74 Å². The van der Waals surface area contributed by atoms with Gasteiger partial charge in [-0.2, -0.15) is 0 Å². The Balaban J connectivity index is 2.08. The summed E-state index contributed by atoms with van der Waals surface area (Å²) < 4.78 is 7.95. The van der Waals surface area contributed by atoms with Crippen molar-refractivity contribution in [3.05, 3.63) is 21.2 Å². The Morgan fingerprint density at radius 1 is 1.35 bits per heavy atom. The van der Waals surface area contributed by atoms with Gasteiger partial charge in [0.25, 0.3) is 0 Å². The maximum atomic E-state index is 6.07. The van der Waals surface area contributed by atoms with E-state index in [-0.39, 0.29) is 0 Å². The molecule has 0 spiro atoms. The van der Waals surface area contributed by atoms with Crippen molar-refractivity contribution in [1.29, 1.82) is 0 Å². The van der Waals surface area contributed by atoms with E-state index in [4.69, 9.17) is 4.74 Å². The number of ether oxygens (including phenoxy) is 1. The molecule has 0 aliphatic heterocycles. The molecular formula is C13H17Br2NO. The highest BCUT2D eigenvalue weighted by Gasteiger charge is 2.26. The van der Waals surface area contributed by atoms with Crippen molar-refractivity contribution >= 4 is 31.9 Å². The van der Waals surface area contributed by atoms with E-state index in [9.17, 15) is 0 Å². The van der Waals surface area contributed by atoms with Crippen molar-refractivity contribution in [2.45, 2.75) is 45.1 Å². The number of hydrogen-bond acceptors (Lipinski definition) is 2. The molecule has 2 nitrogen and oxygen atoms in total. The van der Waals surface area contributed by atoms with E-state index >= 15 is 0 Å². The highest BCUT2D eigenvalue weighted by Crippen LogP contribution is 2.33. The van der Waals surface area contributed by atoms with Crippen LogP contribution in [-0.4, -0.2) is 11.1 Å². The number of halogens is 2. The molecule has 0 saturated heterocycles. The summed E-state index contributed by atoms with van der Waals surface area (Å²) in [6, 6.07) is 1.98. The predicted octanol–water partition coefficient (Wildman–Crippen LogP) is 4.95. The van der Waals surface area contributed by atoms with Crippen LogP contribution in [0.15, 0.2) is 21.2 Å². The van der Waals surface area contributed by atoms with Crippen LogP contribution in [0.4, 0.5) is 0 Å². The molecule has 4 heteroatoms. The lowest BCUT2D eigenvalue weighted by Crippen LogP contribution is -2.30. The summed E-state index contributed by atoms with van der Waals surface area (Å²) in [7, 11) is 0. The lowest BCUT2D eigenvalue weighted by Gasteiger charge is -2.31. The predicted molar refractivity (Wildman–Crippen MR) is 76.3 cm³/mol. The first-order valence-corrected chi connectivity index (χ1v) is 7.77. The molecule has 0 radical (unpaired) electrons. The zero-order valence-electron chi connectivity index (χ0n) is 9.96. The van der Waals surface area contributed by atoms with Crippen LogP contribution in [0, 0.1) is 5.92 Å². The molecule has 1 fully saturated rings. The van der Waals surface area contributed by atoms with E-state index in [2.05, 4.69) is 43.8 Å². The molecule has 0 N–H and O–H groups in total. The molecule has 1 aromatic heterocycles. The molecule has 94 valence electrons. The SMILES string of the molecule is CCC1CCCCC1Oc1ncc(Br)cc1Br. The lowest BCUT2D eigenvalue weighted by atomic mass is 9.85. The van der Waals surface area contributed by atoms with Gasteiger partial charge in [0.2, 0.25) is 5.88 Å². The van der Waals surface area contributed by atoms with Crippen LogP contribution in [0.25, 0.3) is 0 Å². The van der Waals surface area contributed by atoms with Gasteiger partial charge in [-0.1, -0.05) is 13.3 Å². The summed E-state index contributed by atoms with van der Waals surface area (Å²) in [6.07, 6.45) is 8.36. The van der Waals surface area contributed by atoms with Gasteiger partial charge in [0.1, 0.15) is 6.10 Å². The van der Waals surface area contributed by atoms with Gasteiger partial charge in [0.05, 0.1) is 4.47 Å². The standard InChI is InChI=1S/C13H17Br2NO/c1-2-9-5-3-4-6-12(9)17-13-11(15)7-10(14)8-16-13/h7-9,12H,2-6H2,1H3. The van der Waals surface area contributed by atoms with Crippen LogP contribution >= 0.6 is 31.9 Å². The first-order chi connectivity index (χ1) is 8.20. The van der Waals surface area contributed by atoms with E-state index in [1.807, 2.05) is 6.07 Å². The average molecular weight is 363 g/mol. The summed E-state index contributed by atoms with van der Waals surface area (Å²) in [5.41, 5.74) is 0. The molecule has 0 aromatic carbocycles. The topological polar surface area (TPSA) is 22.1 Å². The first kappa shape index (κ1) is 13.3. The Morgan fingerprint density at radius 3 is 2.82 bits per heavy atom. The molecule has 0 amide bonds. The summed E-state index contributed by atoms with van der Waals surface area (Å²) >= 11 is 6.90. The Kier molecular flexibility index (Phi) is 4.86. The van der Waals surface area contributed by atoms with Crippen molar-refractivity contribution in [2.75, 3.05) is 0 Å². The van der Waals surface area contributed by atoms with Gasteiger partial charge in [-0.25, -0.2) is 4.98 Å². The monoisotopic (exact) mass is 361 g/mol. The fraction of sp³-hybridized carbons (Fsp3) is 0.615. The van der Waals surface area contributed by atoms with Gasteiger partial charge >= 0.3 is 0 Å². The highest BCUT2D eigenvalue weighted by atomic mass is 79.9. The first-order valence-electron chi connectivity index (χ1n) is 6.18. The fourth-order valence-electron chi connectivity index (χ4n) is 2.43. The molecule has 2 atom stereocenters.